The number of hydrogen-bond donors (Lipinski definition) is 2. The summed E-state index contributed by atoms with van der Waals surface area (Å²) in [5, 5.41) is 20.6. The molecule has 1 aliphatic rings. The molecule has 0 aliphatic heterocycles. The lowest BCUT2D eigenvalue weighted by atomic mass is 9.63. The lowest BCUT2D eigenvalue weighted by molar-refractivity contribution is -0.113. The normalized spacial score (nSPS) is 33.9. The van der Waals surface area contributed by atoms with Crippen molar-refractivity contribution in [3.05, 3.63) is 23.8 Å². The molecule has 90 valence electrons. The molecule has 0 bridgehead atoms. The predicted octanol–water partition coefficient (Wildman–Crippen LogP) is 1.60. The van der Waals surface area contributed by atoms with Crippen LogP contribution in [-0.4, -0.2) is 27.7 Å². The molecular weight excluding hydrogens is 204 g/mol. The average molecular weight is 224 g/mol. The maximum atomic E-state index is 10.9. The van der Waals surface area contributed by atoms with Crippen LogP contribution < -0.4 is 0 Å². The summed E-state index contributed by atoms with van der Waals surface area (Å²) < 4.78 is 0. The van der Waals surface area contributed by atoms with E-state index in [0.717, 1.165) is 5.57 Å². The summed E-state index contributed by atoms with van der Waals surface area (Å²) in [5.74, 6) is -0.114. The Morgan fingerprint density at radius 3 is 2.62 bits per heavy atom. The van der Waals surface area contributed by atoms with E-state index in [1.165, 1.54) is 19.1 Å². The zero-order valence-corrected chi connectivity index (χ0v) is 10.3. The van der Waals surface area contributed by atoms with Crippen LogP contribution in [0.5, 0.6) is 0 Å². The maximum Gasteiger partial charge on any atom is 0.152 e. The first-order valence-corrected chi connectivity index (χ1v) is 5.49. The molecule has 0 aromatic carbocycles. The molecule has 16 heavy (non-hydrogen) atoms. The molecule has 0 radical (unpaired) electrons. The zero-order valence-electron chi connectivity index (χ0n) is 10.3. The maximum absolute atomic E-state index is 10.9. The van der Waals surface area contributed by atoms with Crippen LogP contribution in [0.4, 0.5) is 0 Å². The van der Waals surface area contributed by atoms with E-state index in [0.29, 0.717) is 6.42 Å². The second-order valence-corrected chi connectivity index (χ2v) is 5.07. The highest BCUT2D eigenvalue weighted by molar-refractivity contribution is 5.87. The Bertz CT molecular complexity index is 352. The topological polar surface area (TPSA) is 57.5 Å². The van der Waals surface area contributed by atoms with Gasteiger partial charge in [0.25, 0.3) is 0 Å². The molecule has 0 heterocycles. The van der Waals surface area contributed by atoms with Gasteiger partial charge in [0.05, 0.1) is 6.10 Å². The number of hydrogen-bond acceptors (Lipinski definition) is 3. The minimum atomic E-state index is -1.25. The fourth-order valence-corrected chi connectivity index (χ4v) is 2.08. The molecule has 3 heteroatoms. The van der Waals surface area contributed by atoms with Crippen molar-refractivity contribution in [1.82, 2.24) is 0 Å². The second-order valence-electron chi connectivity index (χ2n) is 5.07. The number of ketones is 1. The van der Waals surface area contributed by atoms with Crippen LogP contribution in [0.1, 0.15) is 34.1 Å². The van der Waals surface area contributed by atoms with Gasteiger partial charge in [-0.25, -0.2) is 0 Å². The first-order chi connectivity index (χ1) is 7.22. The molecule has 3 nitrogen and oxygen atoms in total. The quantitative estimate of drug-likeness (QED) is 0.553. The van der Waals surface area contributed by atoms with Crippen molar-refractivity contribution in [3.63, 3.8) is 0 Å². The fourth-order valence-electron chi connectivity index (χ4n) is 2.08. The van der Waals surface area contributed by atoms with E-state index in [-0.39, 0.29) is 5.78 Å². The Hall–Kier alpha value is -0.930. The van der Waals surface area contributed by atoms with E-state index in [4.69, 9.17) is 0 Å². The van der Waals surface area contributed by atoms with Crippen LogP contribution in [0.2, 0.25) is 0 Å². The summed E-state index contributed by atoms with van der Waals surface area (Å²) in [4.78, 5) is 10.9. The van der Waals surface area contributed by atoms with Gasteiger partial charge in [0.15, 0.2) is 5.78 Å². The molecule has 0 amide bonds. The third-order valence-electron chi connectivity index (χ3n) is 3.62. The standard InChI is InChI=1S/C13H20O3/c1-9-5-6-11(15)12(3,4)13(9,16)8-7-10(2)14/h5,7-8,11,15-16H,6H2,1-4H3/b8-7+. The summed E-state index contributed by atoms with van der Waals surface area (Å²) in [6.45, 7) is 6.86. The molecule has 2 N–H and O–H groups in total. The molecular formula is C13H20O3. The van der Waals surface area contributed by atoms with Crippen LogP contribution in [0.15, 0.2) is 23.8 Å². The van der Waals surface area contributed by atoms with E-state index in [1.807, 2.05) is 13.0 Å². The monoisotopic (exact) mass is 224 g/mol. The van der Waals surface area contributed by atoms with Crippen molar-refractivity contribution < 1.29 is 15.0 Å². The van der Waals surface area contributed by atoms with Gasteiger partial charge in [0.1, 0.15) is 5.60 Å². The molecule has 0 fully saturated rings. The number of aliphatic hydroxyl groups is 2. The van der Waals surface area contributed by atoms with Crippen LogP contribution >= 0.6 is 0 Å². The first-order valence-electron chi connectivity index (χ1n) is 5.49. The van der Waals surface area contributed by atoms with Gasteiger partial charge in [-0.2, -0.15) is 0 Å². The van der Waals surface area contributed by atoms with Gasteiger partial charge in [-0.05, 0) is 38.0 Å². The van der Waals surface area contributed by atoms with Crippen molar-refractivity contribution in [2.45, 2.75) is 45.8 Å². The Balaban J connectivity index is 3.19. The van der Waals surface area contributed by atoms with Crippen molar-refractivity contribution in [1.29, 1.82) is 0 Å². The number of rotatable bonds is 2. The summed E-state index contributed by atoms with van der Waals surface area (Å²) in [7, 11) is 0. The number of carbonyl (C=O) groups excluding carboxylic acids is 1. The first kappa shape index (κ1) is 13.1. The average Bonchev–Trinajstić information content (AvgIpc) is 2.19. The largest absolute Gasteiger partial charge is 0.392 e. The minimum absolute atomic E-state index is 0.114. The van der Waals surface area contributed by atoms with Gasteiger partial charge in [-0.15, -0.1) is 0 Å². The number of carbonyl (C=O) groups is 1. The Kier molecular flexibility index (Phi) is 3.41. The SMILES string of the molecule is CC(=O)/C=C/C1(O)C(C)=CCC(O)C1(C)C. The fraction of sp³-hybridized carbons (Fsp3) is 0.615. The molecule has 0 saturated heterocycles. The summed E-state index contributed by atoms with van der Waals surface area (Å²) in [5.41, 5.74) is -1.17. The molecule has 1 aliphatic carbocycles. The van der Waals surface area contributed by atoms with Crippen molar-refractivity contribution >= 4 is 5.78 Å². The Morgan fingerprint density at radius 1 is 1.56 bits per heavy atom. The predicted molar refractivity (Wildman–Crippen MR) is 62.9 cm³/mol. The van der Waals surface area contributed by atoms with Gasteiger partial charge in [0.2, 0.25) is 0 Å². The highest BCUT2D eigenvalue weighted by atomic mass is 16.3. The van der Waals surface area contributed by atoms with Gasteiger partial charge in [-0.1, -0.05) is 19.9 Å². The molecule has 0 spiro atoms. The molecule has 0 aromatic heterocycles. The lowest BCUT2D eigenvalue weighted by Gasteiger charge is -2.47. The van der Waals surface area contributed by atoms with E-state index in [2.05, 4.69) is 0 Å². The van der Waals surface area contributed by atoms with E-state index in [1.54, 1.807) is 13.8 Å². The van der Waals surface area contributed by atoms with Gasteiger partial charge < -0.3 is 10.2 Å². The third kappa shape index (κ3) is 1.97. The van der Waals surface area contributed by atoms with Crippen LogP contribution in [0.3, 0.4) is 0 Å². The van der Waals surface area contributed by atoms with E-state index < -0.39 is 17.1 Å². The molecule has 2 atom stereocenters. The molecule has 1 rings (SSSR count). The molecule has 2 unspecified atom stereocenters. The highest BCUT2D eigenvalue weighted by Crippen LogP contribution is 2.45. The number of allylic oxidation sites excluding steroid dienone is 1. The molecule has 0 aromatic rings. The highest BCUT2D eigenvalue weighted by Gasteiger charge is 2.49. The van der Waals surface area contributed by atoms with E-state index in [9.17, 15) is 15.0 Å². The van der Waals surface area contributed by atoms with Crippen molar-refractivity contribution in [3.8, 4) is 0 Å². The van der Waals surface area contributed by atoms with Gasteiger partial charge >= 0.3 is 0 Å². The third-order valence-corrected chi connectivity index (χ3v) is 3.62. The van der Waals surface area contributed by atoms with Crippen molar-refractivity contribution in [2.24, 2.45) is 5.41 Å². The summed E-state index contributed by atoms with van der Waals surface area (Å²) in [6.07, 6.45) is 4.59. The van der Waals surface area contributed by atoms with Gasteiger partial charge in [-0.3, -0.25) is 4.79 Å². The Morgan fingerprint density at radius 2 is 2.12 bits per heavy atom. The minimum Gasteiger partial charge on any atom is -0.392 e. The summed E-state index contributed by atoms with van der Waals surface area (Å²) in [6, 6.07) is 0. The van der Waals surface area contributed by atoms with Crippen molar-refractivity contribution in [2.75, 3.05) is 0 Å². The number of aliphatic hydroxyl groups excluding tert-OH is 1. The lowest BCUT2D eigenvalue weighted by Crippen LogP contribution is -2.53. The van der Waals surface area contributed by atoms with Crippen LogP contribution in [0, 0.1) is 5.41 Å². The van der Waals surface area contributed by atoms with Crippen LogP contribution in [0.25, 0.3) is 0 Å². The zero-order chi connectivity index (χ0) is 12.6. The Labute approximate surface area is 96.5 Å². The smallest absolute Gasteiger partial charge is 0.152 e. The molecule has 0 saturated carbocycles. The van der Waals surface area contributed by atoms with Gasteiger partial charge in [0, 0.05) is 5.41 Å². The van der Waals surface area contributed by atoms with Crippen LogP contribution in [-0.2, 0) is 4.79 Å². The summed E-state index contributed by atoms with van der Waals surface area (Å²) >= 11 is 0. The second kappa shape index (κ2) is 4.15. The van der Waals surface area contributed by atoms with E-state index >= 15 is 0 Å².